The highest BCUT2D eigenvalue weighted by Crippen LogP contribution is 2.33. The minimum Gasteiger partial charge on any atom is -0.457 e. The molecule has 0 aliphatic carbocycles. The van der Waals surface area contributed by atoms with Gasteiger partial charge in [-0.15, -0.1) is 10.2 Å². The Kier molecular flexibility index (Phi) is 5.78. The van der Waals surface area contributed by atoms with Gasteiger partial charge in [0, 0.05) is 33.6 Å². The molecule has 38 heavy (non-hydrogen) atoms. The van der Waals surface area contributed by atoms with Crippen molar-refractivity contribution in [2.24, 2.45) is 0 Å². The average Bonchev–Trinajstić information content (AvgIpc) is 2.98. The number of ether oxygens (including phenoxy) is 1. The standard InChI is InChI=1S/C31H18N6O/c32-18-20-5-8-22(9-6-20)30-25-3-1-2-4-26(25)31(37-36-30)35-23-10-12-24(13-11-23)38-29-15-16-34-28-17-21(19-33)7-14-27(28)29/h1-17H,(H,35,37). The molecule has 0 unspecified atom stereocenters. The molecule has 0 atom stereocenters. The lowest BCUT2D eigenvalue weighted by molar-refractivity contribution is 0.488. The maximum Gasteiger partial charge on any atom is 0.161 e. The van der Waals surface area contributed by atoms with Crippen LogP contribution in [0.1, 0.15) is 11.1 Å². The van der Waals surface area contributed by atoms with Gasteiger partial charge in [0.2, 0.25) is 0 Å². The van der Waals surface area contributed by atoms with E-state index in [-0.39, 0.29) is 0 Å². The molecule has 0 saturated heterocycles. The van der Waals surface area contributed by atoms with Crippen LogP contribution in [0.4, 0.5) is 11.5 Å². The van der Waals surface area contributed by atoms with E-state index in [0.717, 1.165) is 33.1 Å². The monoisotopic (exact) mass is 490 g/mol. The summed E-state index contributed by atoms with van der Waals surface area (Å²) in [6.07, 6.45) is 1.67. The quantitative estimate of drug-likeness (QED) is 0.274. The van der Waals surface area contributed by atoms with E-state index >= 15 is 0 Å². The smallest absolute Gasteiger partial charge is 0.161 e. The van der Waals surface area contributed by atoms with Crippen LogP contribution in [-0.4, -0.2) is 15.2 Å². The molecule has 0 saturated carbocycles. The lowest BCUT2D eigenvalue weighted by Gasteiger charge is -2.12. The van der Waals surface area contributed by atoms with E-state index in [4.69, 9.17) is 15.3 Å². The van der Waals surface area contributed by atoms with Crippen molar-refractivity contribution in [1.29, 1.82) is 10.5 Å². The number of nitriles is 2. The van der Waals surface area contributed by atoms with Gasteiger partial charge >= 0.3 is 0 Å². The Bertz CT molecular complexity index is 1880. The normalized spacial score (nSPS) is 10.6. The summed E-state index contributed by atoms with van der Waals surface area (Å²) < 4.78 is 6.12. The van der Waals surface area contributed by atoms with Crippen molar-refractivity contribution < 1.29 is 4.74 Å². The zero-order chi connectivity index (χ0) is 25.9. The van der Waals surface area contributed by atoms with Gasteiger partial charge in [-0.1, -0.05) is 36.4 Å². The first kappa shape index (κ1) is 22.7. The first-order valence-corrected chi connectivity index (χ1v) is 11.8. The van der Waals surface area contributed by atoms with Gasteiger partial charge in [0.05, 0.1) is 28.8 Å². The van der Waals surface area contributed by atoms with Crippen LogP contribution in [0.25, 0.3) is 32.9 Å². The van der Waals surface area contributed by atoms with Gasteiger partial charge in [0.1, 0.15) is 17.2 Å². The van der Waals surface area contributed by atoms with E-state index in [9.17, 15) is 0 Å². The van der Waals surface area contributed by atoms with Gasteiger partial charge in [-0.25, -0.2) is 0 Å². The number of benzene rings is 4. The number of anilines is 2. The van der Waals surface area contributed by atoms with Crippen molar-refractivity contribution in [3.63, 3.8) is 0 Å². The van der Waals surface area contributed by atoms with E-state index in [0.29, 0.717) is 34.0 Å². The molecule has 0 aliphatic heterocycles. The molecule has 6 rings (SSSR count). The van der Waals surface area contributed by atoms with Crippen LogP contribution in [0, 0.1) is 22.7 Å². The van der Waals surface area contributed by atoms with Crippen LogP contribution in [0.3, 0.4) is 0 Å². The Hall–Kier alpha value is -5.79. The SMILES string of the molecule is N#Cc1ccc(-c2nnc(Nc3ccc(Oc4ccnc5cc(C#N)ccc45)cc3)c3ccccc23)cc1. The summed E-state index contributed by atoms with van der Waals surface area (Å²) in [4.78, 5) is 4.34. The number of hydrogen-bond acceptors (Lipinski definition) is 7. The molecule has 0 bridgehead atoms. The van der Waals surface area contributed by atoms with Gasteiger partial charge in [0.15, 0.2) is 5.82 Å². The Balaban J connectivity index is 1.26. The van der Waals surface area contributed by atoms with Crippen LogP contribution in [0.15, 0.2) is 103 Å². The second-order valence-corrected chi connectivity index (χ2v) is 8.54. The van der Waals surface area contributed by atoms with Crippen molar-refractivity contribution in [1.82, 2.24) is 15.2 Å². The predicted molar refractivity (Wildman–Crippen MR) is 146 cm³/mol. The lowest BCUT2D eigenvalue weighted by atomic mass is 10.0. The van der Waals surface area contributed by atoms with E-state index < -0.39 is 0 Å². The number of fused-ring (bicyclic) bond motifs is 2. The van der Waals surface area contributed by atoms with Crippen molar-refractivity contribution in [3.05, 3.63) is 114 Å². The van der Waals surface area contributed by atoms with Gasteiger partial charge in [0.25, 0.3) is 0 Å². The molecular weight excluding hydrogens is 472 g/mol. The first-order chi connectivity index (χ1) is 18.7. The van der Waals surface area contributed by atoms with Crippen LogP contribution in [0.5, 0.6) is 11.5 Å². The molecule has 178 valence electrons. The molecule has 1 N–H and O–H groups in total. The van der Waals surface area contributed by atoms with E-state index in [1.165, 1.54) is 0 Å². The Morgan fingerprint density at radius 1 is 0.684 bits per heavy atom. The highest BCUT2D eigenvalue weighted by atomic mass is 16.5. The second kappa shape index (κ2) is 9.69. The summed E-state index contributed by atoms with van der Waals surface area (Å²) in [5.74, 6) is 1.97. The van der Waals surface area contributed by atoms with Gasteiger partial charge in [-0.2, -0.15) is 10.5 Å². The number of hydrogen-bond donors (Lipinski definition) is 1. The van der Waals surface area contributed by atoms with Crippen LogP contribution >= 0.6 is 0 Å². The molecule has 2 aromatic heterocycles. The largest absolute Gasteiger partial charge is 0.457 e. The molecule has 4 aromatic carbocycles. The Labute approximate surface area is 218 Å². The summed E-state index contributed by atoms with van der Waals surface area (Å²) in [5, 5.41) is 33.3. The second-order valence-electron chi connectivity index (χ2n) is 8.54. The Morgan fingerprint density at radius 3 is 2.18 bits per heavy atom. The number of aromatic nitrogens is 3. The predicted octanol–water partition coefficient (Wildman–Crippen LogP) is 7.12. The van der Waals surface area contributed by atoms with Crippen molar-refractivity contribution in [3.8, 4) is 34.9 Å². The molecule has 7 nitrogen and oxygen atoms in total. The van der Waals surface area contributed by atoms with Crippen molar-refractivity contribution in [2.75, 3.05) is 5.32 Å². The molecule has 0 spiro atoms. The number of rotatable bonds is 5. The van der Waals surface area contributed by atoms with Gasteiger partial charge < -0.3 is 10.1 Å². The van der Waals surface area contributed by atoms with E-state index in [2.05, 4.69) is 32.6 Å². The third kappa shape index (κ3) is 4.32. The molecule has 7 heteroatoms. The fraction of sp³-hybridized carbons (Fsp3) is 0. The zero-order valence-corrected chi connectivity index (χ0v) is 20.0. The van der Waals surface area contributed by atoms with E-state index in [1.54, 1.807) is 36.5 Å². The van der Waals surface area contributed by atoms with Gasteiger partial charge in [-0.05, 0) is 60.7 Å². The fourth-order valence-electron chi connectivity index (χ4n) is 4.26. The summed E-state index contributed by atoms with van der Waals surface area (Å²) in [5.41, 5.74) is 4.34. The summed E-state index contributed by atoms with van der Waals surface area (Å²) in [7, 11) is 0. The molecule has 0 amide bonds. The number of nitrogens with one attached hydrogen (secondary N) is 1. The topological polar surface area (TPSA) is 108 Å². The first-order valence-electron chi connectivity index (χ1n) is 11.8. The van der Waals surface area contributed by atoms with Crippen LogP contribution in [-0.2, 0) is 0 Å². The Morgan fingerprint density at radius 2 is 1.42 bits per heavy atom. The van der Waals surface area contributed by atoms with E-state index in [1.807, 2.05) is 66.7 Å². The van der Waals surface area contributed by atoms with Crippen LogP contribution in [0.2, 0.25) is 0 Å². The highest BCUT2D eigenvalue weighted by molar-refractivity contribution is 6.00. The zero-order valence-electron chi connectivity index (χ0n) is 20.0. The third-order valence-electron chi connectivity index (χ3n) is 6.15. The van der Waals surface area contributed by atoms with Gasteiger partial charge in [-0.3, -0.25) is 4.98 Å². The molecule has 2 heterocycles. The highest BCUT2D eigenvalue weighted by Gasteiger charge is 2.12. The maximum atomic E-state index is 9.14. The minimum atomic E-state index is 0.554. The molecule has 0 aliphatic rings. The van der Waals surface area contributed by atoms with Crippen molar-refractivity contribution >= 4 is 33.2 Å². The molecular formula is C31H18N6O. The summed E-state index contributed by atoms with van der Waals surface area (Å²) >= 11 is 0. The molecule has 0 radical (unpaired) electrons. The van der Waals surface area contributed by atoms with Crippen molar-refractivity contribution in [2.45, 2.75) is 0 Å². The van der Waals surface area contributed by atoms with Crippen LogP contribution < -0.4 is 10.1 Å². The fourth-order valence-corrected chi connectivity index (χ4v) is 4.26. The average molecular weight is 491 g/mol. The number of pyridine rings is 1. The lowest BCUT2D eigenvalue weighted by Crippen LogP contribution is -1.99. The molecule has 0 fully saturated rings. The molecule has 6 aromatic rings. The number of nitrogens with zero attached hydrogens (tertiary/aromatic N) is 5. The maximum absolute atomic E-state index is 9.14. The minimum absolute atomic E-state index is 0.554. The summed E-state index contributed by atoms with van der Waals surface area (Å²) in [6.45, 7) is 0. The summed E-state index contributed by atoms with van der Waals surface area (Å²) in [6, 6.07) is 34.3. The third-order valence-corrected chi connectivity index (χ3v) is 6.15.